The second-order valence-electron chi connectivity index (χ2n) is 7.70. The fraction of sp³-hybridized carbons (Fsp3) is 0.154. The van der Waals surface area contributed by atoms with Crippen LogP contribution in [0.25, 0.3) is 21.7 Å². The Bertz CT molecular complexity index is 1350. The van der Waals surface area contributed by atoms with E-state index in [4.69, 9.17) is 9.15 Å². The number of furan rings is 1. The molecule has 0 saturated heterocycles. The summed E-state index contributed by atoms with van der Waals surface area (Å²) >= 11 is 0. The summed E-state index contributed by atoms with van der Waals surface area (Å²) in [5, 5.41) is 13.5. The van der Waals surface area contributed by atoms with Gasteiger partial charge in [-0.3, -0.25) is 9.59 Å². The molecule has 0 bridgehead atoms. The highest BCUT2D eigenvalue weighted by Crippen LogP contribution is 2.41. The number of carbonyl (C=O) groups excluding carboxylic acids is 2. The molecule has 4 aromatic rings. The number of amides is 1. The van der Waals surface area contributed by atoms with E-state index in [0.29, 0.717) is 5.58 Å². The Kier molecular flexibility index (Phi) is 4.99. The fourth-order valence-electron chi connectivity index (χ4n) is 4.34. The molecule has 1 atom stereocenters. The maximum Gasteiger partial charge on any atom is 0.290 e. The van der Waals surface area contributed by atoms with Gasteiger partial charge in [-0.05, 0) is 28.5 Å². The van der Waals surface area contributed by atoms with Gasteiger partial charge in [0.2, 0.25) is 5.78 Å². The van der Waals surface area contributed by atoms with Gasteiger partial charge in [0.05, 0.1) is 18.2 Å². The van der Waals surface area contributed by atoms with Gasteiger partial charge in [0.25, 0.3) is 5.91 Å². The van der Waals surface area contributed by atoms with Crippen molar-refractivity contribution in [3.8, 4) is 0 Å². The molecule has 1 aliphatic rings. The van der Waals surface area contributed by atoms with E-state index in [1.807, 2.05) is 60.7 Å². The molecule has 0 aliphatic carbocycles. The molecule has 32 heavy (non-hydrogen) atoms. The number of methoxy groups -OCH3 is 1. The lowest BCUT2D eigenvalue weighted by Crippen LogP contribution is -2.34. The number of nitrogens with zero attached hydrogens (tertiary/aromatic N) is 1. The Labute approximate surface area is 184 Å². The first kappa shape index (κ1) is 20.0. The number of benzene rings is 3. The van der Waals surface area contributed by atoms with Gasteiger partial charge in [0.15, 0.2) is 11.5 Å². The maximum atomic E-state index is 13.6. The van der Waals surface area contributed by atoms with Crippen molar-refractivity contribution in [1.29, 1.82) is 0 Å². The zero-order valence-electron chi connectivity index (χ0n) is 17.4. The molecule has 0 radical (unpaired) electrons. The quantitative estimate of drug-likeness (QED) is 0.447. The highest BCUT2D eigenvalue weighted by molar-refractivity contribution is 6.16. The molecule has 1 aromatic heterocycles. The van der Waals surface area contributed by atoms with Crippen molar-refractivity contribution in [2.24, 2.45) is 0 Å². The van der Waals surface area contributed by atoms with E-state index >= 15 is 0 Å². The third-order valence-electron chi connectivity index (χ3n) is 5.85. The van der Waals surface area contributed by atoms with Crippen molar-refractivity contribution >= 4 is 33.4 Å². The summed E-state index contributed by atoms with van der Waals surface area (Å²) in [6.07, 6.45) is 0. The van der Waals surface area contributed by atoms with Gasteiger partial charge in [-0.2, -0.15) is 0 Å². The third kappa shape index (κ3) is 3.16. The smallest absolute Gasteiger partial charge is 0.290 e. The van der Waals surface area contributed by atoms with Crippen LogP contribution in [0, 0.1) is 0 Å². The fourth-order valence-corrected chi connectivity index (χ4v) is 4.34. The van der Waals surface area contributed by atoms with Gasteiger partial charge < -0.3 is 19.2 Å². The lowest BCUT2D eigenvalue weighted by atomic mass is 9.91. The first-order valence-electron chi connectivity index (χ1n) is 10.3. The number of ether oxygens (including phenoxy) is 1. The normalized spacial score (nSPS) is 16.5. The molecule has 6 nitrogen and oxygen atoms in total. The minimum absolute atomic E-state index is 0.0153. The van der Waals surface area contributed by atoms with E-state index in [2.05, 4.69) is 0 Å². The predicted molar refractivity (Wildman–Crippen MR) is 120 cm³/mol. The molecule has 5 rings (SSSR count). The number of hydrogen-bond acceptors (Lipinski definition) is 5. The van der Waals surface area contributed by atoms with Gasteiger partial charge in [0.1, 0.15) is 5.58 Å². The van der Waals surface area contributed by atoms with Crippen LogP contribution in [0.1, 0.15) is 22.2 Å². The standard InChI is InChI=1S/C26H21NO5/c1-31-14-13-27-23(19-11-6-9-16-7-2-4-10-18(16)19)22(25(29)26(27)30)24(28)21-15-17-8-3-5-12-20(17)32-21/h2-12,15,23,29H,13-14H2,1H3. The van der Waals surface area contributed by atoms with E-state index in [0.717, 1.165) is 21.7 Å². The van der Waals surface area contributed by atoms with Crippen molar-refractivity contribution in [2.75, 3.05) is 20.3 Å². The Morgan fingerprint density at radius 3 is 2.53 bits per heavy atom. The monoisotopic (exact) mass is 427 g/mol. The molecular formula is C26H21NO5. The summed E-state index contributed by atoms with van der Waals surface area (Å²) in [6, 6.07) is 21.7. The molecule has 1 aliphatic heterocycles. The molecule has 0 fully saturated rings. The Hall–Kier alpha value is -3.90. The summed E-state index contributed by atoms with van der Waals surface area (Å²) < 4.78 is 10.9. The van der Waals surface area contributed by atoms with Crippen molar-refractivity contribution in [2.45, 2.75) is 6.04 Å². The van der Waals surface area contributed by atoms with Gasteiger partial charge in [-0.15, -0.1) is 0 Å². The lowest BCUT2D eigenvalue weighted by molar-refractivity contribution is -0.130. The van der Waals surface area contributed by atoms with Gasteiger partial charge in [-0.25, -0.2) is 0 Å². The van der Waals surface area contributed by atoms with E-state index in [9.17, 15) is 14.7 Å². The van der Waals surface area contributed by atoms with Gasteiger partial charge >= 0.3 is 0 Å². The summed E-state index contributed by atoms with van der Waals surface area (Å²) in [5.41, 5.74) is 1.34. The maximum absolute atomic E-state index is 13.6. The Morgan fingerprint density at radius 1 is 1.03 bits per heavy atom. The van der Waals surface area contributed by atoms with Crippen LogP contribution in [0.4, 0.5) is 0 Å². The number of Topliss-reactive ketones (excluding diaryl/α,β-unsaturated/α-hetero) is 1. The SMILES string of the molecule is COCCN1C(=O)C(O)=C(C(=O)c2cc3ccccc3o2)C1c1cccc2ccccc12. The van der Waals surface area contributed by atoms with Crippen LogP contribution < -0.4 is 0 Å². The summed E-state index contributed by atoms with van der Waals surface area (Å²) in [5.74, 6) is -1.58. The second-order valence-corrected chi connectivity index (χ2v) is 7.70. The number of rotatable bonds is 6. The first-order valence-corrected chi connectivity index (χ1v) is 10.3. The van der Waals surface area contributed by atoms with Crippen LogP contribution in [0.3, 0.4) is 0 Å². The van der Waals surface area contributed by atoms with Crippen molar-refractivity contribution in [3.63, 3.8) is 0 Å². The highest BCUT2D eigenvalue weighted by Gasteiger charge is 2.44. The summed E-state index contributed by atoms with van der Waals surface area (Å²) in [4.78, 5) is 28.1. The van der Waals surface area contributed by atoms with Gasteiger partial charge in [-0.1, -0.05) is 60.7 Å². The zero-order chi connectivity index (χ0) is 22.2. The van der Waals surface area contributed by atoms with Crippen LogP contribution >= 0.6 is 0 Å². The summed E-state index contributed by atoms with van der Waals surface area (Å²) in [6.45, 7) is 0.497. The van der Waals surface area contributed by atoms with Crippen LogP contribution in [0.2, 0.25) is 0 Å². The minimum atomic E-state index is -0.760. The molecule has 1 N–H and O–H groups in total. The summed E-state index contributed by atoms with van der Waals surface area (Å²) in [7, 11) is 1.54. The number of para-hydroxylation sites is 1. The van der Waals surface area contributed by atoms with E-state index in [1.165, 1.54) is 4.90 Å². The lowest BCUT2D eigenvalue weighted by Gasteiger charge is -2.27. The molecule has 6 heteroatoms. The Morgan fingerprint density at radius 2 is 1.75 bits per heavy atom. The number of fused-ring (bicyclic) bond motifs is 2. The Balaban J connectivity index is 1.67. The van der Waals surface area contributed by atoms with Crippen molar-refractivity contribution < 1.29 is 23.8 Å². The first-order chi connectivity index (χ1) is 15.6. The number of ketones is 1. The van der Waals surface area contributed by atoms with Crippen LogP contribution in [0.15, 0.2) is 88.5 Å². The second kappa shape index (κ2) is 7.98. The molecule has 0 saturated carbocycles. The number of hydrogen-bond donors (Lipinski definition) is 1. The van der Waals surface area contributed by atoms with E-state index in [1.54, 1.807) is 19.2 Å². The van der Waals surface area contributed by atoms with Gasteiger partial charge in [0, 0.05) is 19.0 Å². The molecule has 1 unspecified atom stereocenters. The molecule has 3 aromatic carbocycles. The van der Waals surface area contributed by atoms with Crippen molar-refractivity contribution in [3.05, 3.63) is 95.5 Å². The van der Waals surface area contributed by atoms with Crippen molar-refractivity contribution in [1.82, 2.24) is 4.90 Å². The molecular weight excluding hydrogens is 406 g/mol. The molecule has 0 spiro atoms. The van der Waals surface area contributed by atoms with E-state index in [-0.39, 0.29) is 24.5 Å². The molecule has 1 amide bonds. The topological polar surface area (TPSA) is 80.0 Å². The zero-order valence-corrected chi connectivity index (χ0v) is 17.4. The van der Waals surface area contributed by atoms with Crippen LogP contribution in [-0.2, 0) is 9.53 Å². The predicted octanol–water partition coefficient (Wildman–Crippen LogP) is 4.81. The number of aliphatic hydroxyl groups excluding tert-OH is 1. The van der Waals surface area contributed by atoms with Crippen LogP contribution in [-0.4, -0.2) is 42.0 Å². The largest absolute Gasteiger partial charge is 0.503 e. The van der Waals surface area contributed by atoms with Crippen LogP contribution in [0.5, 0.6) is 0 Å². The number of aliphatic hydroxyl groups is 1. The average Bonchev–Trinajstić information content (AvgIpc) is 3.36. The molecule has 160 valence electrons. The highest BCUT2D eigenvalue weighted by atomic mass is 16.5. The minimum Gasteiger partial charge on any atom is -0.503 e. The average molecular weight is 427 g/mol. The molecule has 2 heterocycles. The third-order valence-corrected chi connectivity index (χ3v) is 5.85. The number of carbonyl (C=O) groups is 2. The van der Waals surface area contributed by atoms with E-state index < -0.39 is 23.5 Å².